The van der Waals surface area contributed by atoms with Gasteiger partial charge in [0.05, 0.1) is 17.5 Å². The van der Waals surface area contributed by atoms with Crippen LogP contribution >= 0.6 is 0 Å². The van der Waals surface area contributed by atoms with Crippen LogP contribution in [-0.4, -0.2) is 70.6 Å². The first-order valence-electron chi connectivity index (χ1n) is 8.77. The minimum absolute atomic E-state index is 0.0494. The van der Waals surface area contributed by atoms with Gasteiger partial charge in [0.25, 0.3) is 0 Å². The van der Waals surface area contributed by atoms with Crippen molar-refractivity contribution in [2.75, 3.05) is 24.6 Å². The summed E-state index contributed by atoms with van der Waals surface area (Å²) in [5, 5.41) is 4.08. The first-order valence-corrected chi connectivity index (χ1v) is 10.6. The van der Waals surface area contributed by atoms with Crippen LogP contribution in [0.5, 0.6) is 0 Å². The lowest BCUT2D eigenvalue weighted by Gasteiger charge is -2.44. The molecule has 2 aliphatic heterocycles. The van der Waals surface area contributed by atoms with E-state index >= 15 is 0 Å². The van der Waals surface area contributed by atoms with E-state index in [0.717, 1.165) is 5.56 Å². The number of aromatic nitrogens is 2. The number of fused-ring (bicyclic) bond motifs is 1. The Morgan fingerprint density at radius 3 is 2.58 bits per heavy atom. The van der Waals surface area contributed by atoms with Crippen LogP contribution in [0.3, 0.4) is 0 Å². The van der Waals surface area contributed by atoms with Crippen molar-refractivity contribution in [2.24, 2.45) is 0 Å². The lowest BCUT2D eigenvalue weighted by molar-refractivity contribution is -0.138. The summed E-state index contributed by atoms with van der Waals surface area (Å²) in [5.41, 5.74) is 1.16. The van der Waals surface area contributed by atoms with E-state index in [2.05, 4.69) is 10.00 Å². The highest BCUT2D eigenvalue weighted by Gasteiger charge is 2.47. The number of sulfone groups is 1. The fourth-order valence-electron chi connectivity index (χ4n) is 3.97. The van der Waals surface area contributed by atoms with E-state index in [1.807, 2.05) is 30.3 Å². The molecule has 2 aliphatic rings. The number of benzene rings is 1. The molecule has 2 fully saturated rings. The molecule has 26 heavy (non-hydrogen) atoms. The van der Waals surface area contributed by atoms with E-state index in [1.165, 1.54) is 0 Å². The predicted molar refractivity (Wildman–Crippen MR) is 97.0 cm³/mol. The maximum Gasteiger partial charge on any atom is 0.244 e. The number of piperazine rings is 1. The first-order chi connectivity index (χ1) is 12.5. The highest BCUT2D eigenvalue weighted by atomic mass is 32.2. The van der Waals surface area contributed by atoms with Gasteiger partial charge in [-0.1, -0.05) is 30.3 Å². The Kier molecular flexibility index (Phi) is 4.54. The number of carbonyl (C=O) groups is 1. The van der Waals surface area contributed by atoms with Crippen molar-refractivity contribution < 1.29 is 13.2 Å². The molecule has 3 heterocycles. The van der Waals surface area contributed by atoms with Crippen molar-refractivity contribution in [3.8, 4) is 0 Å². The predicted octanol–water partition coefficient (Wildman–Crippen LogP) is 0.393. The molecule has 0 aliphatic carbocycles. The Hall–Kier alpha value is -2.19. The molecule has 1 amide bonds. The zero-order valence-corrected chi connectivity index (χ0v) is 15.3. The normalized spacial score (nSPS) is 25.2. The van der Waals surface area contributed by atoms with E-state index in [0.29, 0.717) is 19.6 Å². The Bertz CT molecular complexity index is 867. The summed E-state index contributed by atoms with van der Waals surface area (Å²) in [4.78, 5) is 16.7. The molecule has 0 bridgehead atoms. The third-order valence-electron chi connectivity index (χ3n) is 5.20. The van der Waals surface area contributed by atoms with Crippen LogP contribution in [-0.2, 0) is 27.7 Å². The minimum Gasteiger partial charge on any atom is -0.334 e. The maximum atomic E-state index is 12.7. The molecule has 8 heteroatoms. The topological polar surface area (TPSA) is 75.5 Å². The molecule has 2 atom stereocenters. The SMILES string of the molecule is O=C(Cn1cccn1)N1CCN(Cc2ccccc2)[C@@H]2CS(=O)(=O)C[C@@H]21. The average molecular weight is 374 g/mol. The Morgan fingerprint density at radius 2 is 1.85 bits per heavy atom. The molecule has 2 saturated heterocycles. The molecule has 0 N–H and O–H groups in total. The molecule has 1 aromatic heterocycles. The zero-order chi connectivity index (χ0) is 18.1. The van der Waals surface area contributed by atoms with Crippen LogP contribution in [0, 0.1) is 0 Å². The molecule has 0 unspecified atom stereocenters. The van der Waals surface area contributed by atoms with E-state index in [9.17, 15) is 13.2 Å². The van der Waals surface area contributed by atoms with Crippen LogP contribution in [0.2, 0.25) is 0 Å². The van der Waals surface area contributed by atoms with Gasteiger partial charge in [0.2, 0.25) is 5.91 Å². The molecule has 1 aromatic carbocycles. The van der Waals surface area contributed by atoms with Crippen LogP contribution in [0.4, 0.5) is 0 Å². The molecule has 7 nitrogen and oxygen atoms in total. The number of hydrogen-bond donors (Lipinski definition) is 0. The second-order valence-corrected chi connectivity index (χ2v) is 9.11. The lowest BCUT2D eigenvalue weighted by Crippen LogP contribution is -2.60. The summed E-state index contributed by atoms with van der Waals surface area (Å²) in [6, 6.07) is 11.4. The number of carbonyl (C=O) groups excluding carboxylic acids is 1. The van der Waals surface area contributed by atoms with Crippen molar-refractivity contribution in [2.45, 2.75) is 25.2 Å². The number of amides is 1. The molecule has 0 saturated carbocycles. The van der Waals surface area contributed by atoms with Crippen molar-refractivity contribution in [1.29, 1.82) is 0 Å². The van der Waals surface area contributed by atoms with Gasteiger partial charge in [-0.25, -0.2) is 8.42 Å². The molecule has 138 valence electrons. The second kappa shape index (κ2) is 6.85. The highest BCUT2D eigenvalue weighted by molar-refractivity contribution is 7.91. The quantitative estimate of drug-likeness (QED) is 0.774. The van der Waals surface area contributed by atoms with Gasteiger partial charge in [-0.3, -0.25) is 14.4 Å². The third-order valence-corrected chi connectivity index (χ3v) is 6.90. The minimum atomic E-state index is -3.14. The molecule has 0 radical (unpaired) electrons. The smallest absolute Gasteiger partial charge is 0.244 e. The standard InChI is InChI=1S/C18H22N4O3S/c23-18(12-21-8-4-7-19-21)22-10-9-20(11-15-5-2-1-3-6-15)16-13-26(24,25)14-17(16)22/h1-8,16-17H,9-14H2/t16-,17+/m1/s1. The lowest BCUT2D eigenvalue weighted by atomic mass is 10.0. The number of rotatable bonds is 4. The van der Waals surface area contributed by atoms with Crippen molar-refractivity contribution in [3.63, 3.8) is 0 Å². The highest BCUT2D eigenvalue weighted by Crippen LogP contribution is 2.28. The average Bonchev–Trinajstić information content (AvgIpc) is 3.22. The third kappa shape index (κ3) is 3.52. The van der Waals surface area contributed by atoms with Crippen LogP contribution in [0.1, 0.15) is 5.56 Å². The van der Waals surface area contributed by atoms with Crippen molar-refractivity contribution in [3.05, 3.63) is 54.4 Å². The summed E-state index contributed by atoms with van der Waals surface area (Å²) in [6.07, 6.45) is 3.38. The molecular formula is C18H22N4O3S. The van der Waals surface area contributed by atoms with Gasteiger partial charge in [0.15, 0.2) is 9.84 Å². The summed E-state index contributed by atoms with van der Waals surface area (Å²) in [6.45, 7) is 2.08. The van der Waals surface area contributed by atoms with Crippen molar-refractivity contribution in [1.82, 2.24) is 19.6 Å². The molecule has 2 aromatic rings. The summed E-state index contributed by atoms with van der Waals surface area (Å²) >= 11 is 0. The van der Waals surface area contributed by atoms with E-state index in [4.69, 9.17) is 0 Å². The number of nitrogens with zero attached hydrogens (tertiary/aromatic N) is 4. The number of hydrogen-bond acceptors (Lipinski definition) is 5. The van der Waals surface area contributed by atoms with Crippen LogP contribution < -0.4 is 0 Å². The van der Waals surface area contributed by atoms with Gasteiger partial charge in [-0.15, -0.1) is 0 Å². The Labute approximate surface area is 153 Å². The van der Waals surface area contributed by atoms with Gasteiger partial charge < -0.3 is 4.90 Å². The Balaban J connectivity index is 1.53. The fraction of sp³-hybridized carbons (Fsp3) is 0.444. The molecule has 4 rings (SSSR count). The Morgan fingerprint density at radius 1 is 1.08 bits per heavy atom. The monoisotopic (exact) mass is 374 g/mol. The van der Waals surface area contributed by atoms with Gasteiger partial charge >= 0.3 is 0 Å². The fourth-order valence-corrected chi connectivity index (χ4v) is 5.98. The maximum absolute atomic E-state index is 12.7. The molecule has 0 spiro atoms. The van der Waals surface area contributed by atoms with Gasteiger partial charge in [0, 0.05) is 38.1 Å². The summed E-state index contributed by atoms with van der Waals surface area (Å²) in [7, 11) is -3.14. The first kappa shape index (κ1) is 17.2. The van der Waals surface area contributed by atoms with Gasteiger partial charge in [0.1, 0.15) is 6.54 Å². The van der Waals surface area contributed by atoms with E-state index < -0.39 is 9.84 Å². The van der Waals surface area contributed by atoms with Gasteiger partial charge in [-0.05, 0) is 11.6 Å². The second-order valence-electron chi connectivity index (χ2n) is 6.96. The zero-order valence-electron chi connectivity index (χ0n) is 14.4. The largest absolute Gasteiger partial charge is 0.334 e. The van der Waals surface area contributed by atoms with Crippen LogP contribution in [0.15, 0.2) is 48.8 Å². The summed E-state index contributed by atoms with van der Waals surface area (Å²) < 4.78 is 26.2. The van der Waals surface area contributed by atoms with Crippen molar-refractivity contribution >= 4 is 15.7 Å². The molecular weight excluding hydrogens is 352 g/mol. The van der Waals surface area contributed by atoms with E-state index in [-0.39, 0.29) is 36.0 Å². The van der Waals surface area contributed by atoms with Crippen LogP contribution in [0.25, 0.3) is 0 Å². The van der Waals surface area contributed by atoms with Gasteiger partial charge in [-0.2, -0.15) is 5.10 Å². The summed E-state index contributed by atoms with van der Waals surface area (Å²) in [5.74, 6) is 0.101. The van der Waals surface area contributed by atoms with E-state index in [1.54, 1.807) is 28.0 Å².